The third-order valence-corrected chi connectivity index (χ3v) is 9.28. The van der Waals surface area contributed by atoms with Crippen LogP contribution in [0.2, 0.25) is 0 Å². The molecule has 0 aliphatic carbocycles. The quantitative estimate of drug-likeness (QED) is 0.0141. The lowest BCUT2D eigenvalue weighted by molar-refractivity contribution is -0.144. The predicted molar refractivity (Wildman–Crippen MR) is 190 cm³/mol. The van der Waals surface area contributed by atoms with Gasteiger partial charge in [-0.3, -0.25) is 43.3 Å². The maximum absolute atomic E-state index is 13.3. The monoisotopic (exact) mass is 802 g/mol. The second kappa shape index (κ2) is 24.6. The lowest BCUT2D eigenvalue weighted by Crippen LogP contribution is -2.59. The van der Waals surface area contributed by atoms with Crippen LogP contribution < -0.4 is 38.1 Å². The van der Waals surface area contributed by atoms with E-state index in [0.717, 1.165) is 21.6 Å². The molecule has 0 heterocycles. The molecule has 0 aromatic heterocycles. The van der Waals surface area contributed by atoms with E-state index in [2.05, 4.69) is 31.0 Å². The average molecular weight is 803 g/mol. The fraction of sp³-hybridized carbons (Fsp3) is 0.467. The molecule has 1 aromatic carbocycles. The number of guanidine groups is 1. The molecule has 4 amide bonds. The Kier molecular flexibility index (Phi) is 21.1. The van der Waals surface area contributed by atoms with Crippen molar-refractivity contribution in [1.29, 1.82) is 0 Å². The number of rotatable bonds is 27. The lowest BCUT2D eigenvalue weighted by atomic mass is 10.1. The minimum absolute atomic E-state index is 0.0154. The molecule has 22 nitrogen and oxygen atoms in total. The number of nitrogens with two attached hydrogens (primary N) is 2. The molecule has 298 valence electrons. The standard InChI is InChI=1S/C30H42N8O14S2/c1-33-18(9-22(40)41)26(47)35-17(3-2-8-34-30(31)32)25(46)36-19(10-23(42)43)27(48)37-20(11-24(44)45)28(49)38-21(29(50)51)13-53-54-16-6-4-15(5-7-16)12-52-14-39/h4-7,14,17-21,33H,2-3,8-13H2,1H3,(H,35,47)(H,36,46)(H,37,48)(H,38,49)(H,40,41)(H,42,43)(H,44,45)(H,50,51)(H4,31,32,34)/t17-,18-,19-,20-,21-/m0/s1. The normalized spacial score (nSPS) is 13.4. The van der Waals surface area contributed by atoms with Gasteiger partial charge in [0.25, 0.3) is 6.47 Å². The van der Waals surface area contributed by atoms with E-state index >= 15 is 0 Å². The summed E-state index contributed by atoms with van der Waals surface area (Å²) < 4.78 is 4.67. The van der Waals surface area contributed by atoms with E-state index < -0.39 is 97.0 Å². The first kappa shape index (κ1) is 46.4. The highest BCUT2D eigenvalue weighted by Gasteiger charge is 2.34. The highest BCUT2D eigenvalue weighted by molar-refractivity contribution is 8.76. The number of aliphatic carboxylic acids is 4. The first-order valence-electron chi connectivity index (χ1n) is 15.7. The second-order valence-electron chi connectivity index (χ2n) is 11.1. The third kappa shape index (κ3) is 18.7. The van der Waals surface area contributed by atoms with Crippen molar-refractivity contribution in [3.05, 3.63) is 29.8 Å². The molecule has 1 rings (SSSR count). The molecule has 0 radical (unpaired) electrons. The van der Waals surface area contributed by atoms with Crippen LogP contribution in [0.15, 0.2) is 34.2 Å². The number of amides is 4. The van der Waals surface area contributed by atoms with E-state index in [1.807, 2.05) is 5.32 Å². The Labute approximate surface area is 315 Å². The number of aliphatic imine (C=N–C) groups is 1. The summed E-state index contributed by atoms with van der Waals surface area (Å²) in [5.41, 5.74) is 11.3. The molecule has 0 bridgehead atoms. The van der Waals surface area contributed by atoms with Crippen LogP contribution in [0.25, 0.3) is 0 Å². The van der Waals surface area contributed by atoms with Gasteiger partial charge in [-0.05, 0) is 37.6 Å². The van der Waals surface area contributed by atoms with Gasteiger partial charge in [-0.2, -0.15) is 0 Å². The van der Waals surface area contributed by atoms with Crippen LogP contribution in [0.4, 0.5) is 0 Å². The van der Waals surface area contributed by atoms with E-state index in [9.17, 15) is 58.5 Å². The van der Waals surface area contributed by atoms with Crippen LogP contribution in [-0.2, 0) is 54.5 Å². The van der Waals surface area contributed by atoms with Gasteiger partial charge in [0, 0.05) is 17.2 Å². The lowest BCUT2D eigenvalue weighted by Gasteiger charge is -2.25. The summed E-state index contributed by atoms with van der Waals surface area (Å²) in [5, 5.41) is 48.8. The van der Waals surface area contributed by atoms with E-state index in [-0.39, 0.29) is 37.7 Å². The van der Waals surface area contributed by atoms with Crippen molar-refractivity contribution in [2.45, 2.75) is 73.8 Å². The number of carboxylic acid groups (broad SMARTS) is 4. The van der Waals surface area contributed by atoms with Crippen molar-refractivity contribution in [3.63, 3.8) is 0 Å². The van der Waals surface area contributed by atoms with Crippen molar-refractivity contribution in [1.82, 2.24) is 26.6 Å². The summed E-state index contributed by atoms with van der Waals surface area (Å²) in [5.74, 6) is -11.2. The molecule has 1 aromatic rings. The molecule has 0 spiro atoms. The molecule has 5 atom stereocenters. The van der Waals surface area contributed by atoms with Crippen LogP contribution >= 0.6 is 21.6 Å². The largest absolute Gasteiger partial charge is 0.481 e. The van der Waals surface area contributed by atoms with Gasteiger partial charge in [0.2, 0.25) is 23.6 Å². The number of hydrogen-bond acceptors (Lipinski definition) is 14. The molecule has 0 saturated carbocycles. The maximum Gasteiger partial charge on any atom is 0.327 e. The summed E-state index contributed by atoms with van der Waals surface area (Å²) in [7, 11) is 3.47. The Bertz CT molecular complexity index is 1530. The van der Waals surface area contributed by atoms with Gasteiger partial charge in [-0.15, -0.1) is 0 Å². The Morgan fingerprint density at radius 3 is 1.67 bits per heavy atom. The van der Waals surface area contributed by atoms with E-state index in [1.165, 1.54) is 7.05 Å². The molecule has 54 heavy (non-hydrogen) atoms. The molecule has 24 heteroatoms. The first-order valence-corrected chi connectivity index (χ1v) is 18.0. The van der Waals surface area contributed by atoms with Crippen LogP contribution in [-0.4, -0.2) is 130 Å². The van der Waals surface area contributed by atoms with Gasteiger partial charge < -0.3 is 63.2 Å². The number of likely N-dealkylation sites (N-methyl/N-ethyl adjacent to an activating group) is 1. The topological polar surface area (TPSA) is 368 Å². The summed E-state index contributed by atoms with van der Waals surface area (Å²) in [6.45, 7) is 0.339. The zero-order valence-electron chi connectivity index (χ0n) is 28.7. The number of nitrogens with one attached hydrogen (secondary N) is 5. The van der Waals surface area contributed by atoms with Crippen molar-refractivity contribution in [2.75, 3.05) is 19.3 Å². The smallest absolute Gasteiger partial charge is 0.327 e. The molecule has 13 N–H and O–H groups in total. The fourth-order valence-corrected chi connectivity index (χ4v) is 6.41. The van der Waals surface area contributed by atoms with E-state index in [4.69, 9.17) is 16.6 Å². The third-order valence-electron chi connectivity index (χ3n) is 6.89. The Hall–Kier alpha value is -5.62. The zero-order chi connectivity index (χ0) is 40.8. The number of ether oxygens (including phenoxy) is 1. The minimum atomic E-state index is -1.95. The number of hydrogen-bond donors (Lipinski definition) is 11. The van der Waals surface area contributed by atoms with Crippen molar-refractivity contribution in [3.8, 4) is 0 Å². The molecular weight excluding hydrogens is 761 g/mol. The molecule has 0 aliphatic heterocycles. The highest BCUT2D eigenvalue weighted by Crippen LogP contribution is 2.31. The average Bonchev–Trinajstić information content (AvgIpc) is 3.09. The summed E-state index contributed by atoms with van der Waals surface area (Å²) in [6, 6.07) is -1.53. The van der Waals surface area contributed by atoms with Crippen molar-refractivity contribution < 1.29 is 68.3 Å². The number of carboxylic acids is 4. The van der Waals surface area contributed by atoms with Crippen molar-refractivity contribution >= 4 is 81.5 Å². The van der Waals surface area contributed by atoms with Gasteiger partial charge in [0.15, 0.2) is 5.96 Å². The van der Waals surface area contributed by atoms with E-state index in [1.54, 1.807) is 24.3 Å². The van der Waals surface area contributed by atoms with Gasteiger partial charge in [0.05, 0.1) is 25.3 Å². The fourth-order valence-electron chi connectivity index (χ4n) is 4.25. The number of nitrogens with zero attached hydrogens (tertiary/aromatic N) is 1. The van der Waals surface area contributed by atoms with Crippen molar-refractivity contribution in [2.24, 2.45) is 16.5 Å². The molecule has 0 unspecified atom stereocenters. The number of benzene rings is 1. The van der Waals surface area contributed by atoms with Gasteiger partial charge in [-0.25, -0.2) is 4.79 Å². The Balaban J connectivity index is 3.13. The molecule has 0 fully saturated rings. The van der Waals surface area contributed by atoms with Crippen LogP contribution in [0.3, 0.4) is 0 Å². The molecule has 0 aliphatic rings. The number of carbonyl (C=O) groups is 9. The Morgan fingerprint density at radius 1 is 0.741 bits per heavy atom. The summed E-state index contributed by atoms with van der Waals surface area (Å²) in [4.78, 5) is 114. The van der Waals surface area contributed by atoms with Gasteiger partial charge >= 0.3 is 23.9 Å². The molecule has 0 saturated heterocycles. The van der Waals surface area contributed by atoms with Crippen LogP contribution in [0.5, 0.6) is 0 Å². The first-order chi connectivity index (χ1) is 25.5. The summed E-state index contributed by atoms with van der Waals surface area (Å²) >= 11 is 0. The Morgan fingerprint density at radius 2 is 1.20 bits per heavy atom. The zero-order valence-corrected chi connectivity index (χ0v) is 30.4. The summed E-state index contributed by atoms with van der Waals surface area (Å²) in [6.07, 6.45) is -2.93. The second-order valence-corrected chi connectivity index (χ2v) is 13.5. The van der Waals surface area contributed by atoms with Crippen LogP contribution in [0.1, 0.15) is 37.7 Å². The van der Waals surface area contributed by atoms with Crippen LogP contribution in [0, 0.1) is 0 Å². The molecular formula is C30H42N8O14S2. The number of carbonyl (C=O) groups excluding carboxylic acids is 5. The van der Waals surface area contributed by atoms with Gasteiger partial charge in [0.1, 0.15) is 30.8 Å². The minimum Gasteiger partial charge on any atom is -0.481 e. The highest BCUT2D eigenvalue weighted by atomic mass is 33.1. The van der Waals surface area contributed by atoms with Gasteiger partial charge in [-0.1, -0.05) is 33.7 Å². The SMILES string of the molecule is CN[C@@H](CC(=O)O)C(=O)N[C@@H](CCCN=C(N)N)C(=O)N[C@@H](CC(=O)O)C(=O)N[C@@H](CC(=O)O)C(=O)N[C@@H](CSSc1ccc(COC=O)cc1)C(=O)O. The predicted octanol–water partition coefficient (Wildman–Crippen LogP) is -2.81. The maximum atomic E-state index is 13.3. The van der Waals surface area contributed by atoms with E-state index in [0.29, 0.717) is 16.9 Å².